The first kappa shape index (κ1) is 12.5. The van der Waals surface area contributed by atoms with Gasteiger partial charge < -0.3 is 5.11 Å². The summed E-state index contributed by atoms with van der Waals surface area (Å²) in [7, 11) is 0. The molecule has 1 nitrogen and oxygen atoms in total. The standard InChI is InChI=1S/C14H24O/c1-10(12(3)15)6-8-13-9-7-11(2)14(13,4)5/h6-8,10,12-13,15H,9H2,1-5H3/b8-6+/t10-,12+,13?/m1/s1. The highest BCUT2D eigenvalue weighted by Gasteiger charge is 2.32. The van der Waals surface area contributed by atoms with Crippen LogP contribution in [0.2, 0.25) is 0 Å². The van der Waals surface area contributed by atoms with E-state index in [4.69, 9.17) is 0 Å². The van der Waals surface area contributed by atoms with Gasteiger partial charge in [-0.25, -0.2) is 0 Å². The molecule has 1 unspecified atom stereocenters. The number of hydrogen-bond acceptors (Lipinski definition) is 1. The highest BCUT2D eigenvalue weighted by atomic mass is 16.3. The first-order valence-electron chi connectivity index (χ1n) is 5.89. The molecule has 0 amide bonds. The maximum absolute atomic E-state index is 9.41. The van der Waals surface area contributed by atoms with Gasteiger partial charge in [0.05, 0.1) is 6.10 Å². The second-order valence-electron chi connectivity index (χ2n) is 5.44. The van der Waals surface area contributed by atoms with Gasteiger partial charge in [0.2, 0.25) is 0 Å². The lowest BCUT2D eigenvalue weighted by Crippen LogP contribution is -2.19. The van der Waals surface area contributed by atoms with E-state index in [2.05, 4.69) is 45.9 Å². The Labute approximate surface area is 93.9 Å². The highest BCUT2D eigenvalue weighted by molar-refractivity contribution is 5.22. The quantitative estimate of drug-likeness (QED) is 0.703. The fraction of sp³-hybridized carbons (Fsp3) is 0.714. The van der Waals surface area contributed by atoms with Crippen LogP contribution in [0.5, 0.6) is 0 Å². The molecule has 1 aliphatic carbocycles. The fourth-order valence-electron chi connectivity index (χ4n) is 1.94. The van der Waals surface area contributed by atoms with E-state index in [9.17, 15) is 5.11 Å². The third kappa shape index (κ3) is 2.72. The minimum absolute atomic E-state index is 0.250. The topological polar surface area (TPSA) is 20.2 Å². The van der Waals surface area contributed by atoms with Crippen molar-refractivity contribution in [3.8, 4) is 0 Å². The molecule has 0 heterocycles. The van der Waals surface area contributed by atoms with Crippen LogP contribution in [0.4, 0.5) is 0 Å². The van der Waals surface area contributed by atoms with E-state index in [1.807, 2.05) is 6.92 Å². The van der Waals surface area contributed by atoms with Crippen molar-refractivity contribution in [1.29, 1.82) is 0 Å². The van der Waals surface area contributed by atoms with Gasteiger partial charge in [-0.15, -0.1) is 0 Å². The maximum atomic E-state index is 9.41. The van der Waals surface area contributed by atoms with Crippen molar-refractivity contribution in [2.45, 2.75) is 47.1 Å². The molecule has 1 rings (SSSR count). The molecular weight excluding hydrogens is 184 g/mol. The predicted octanol–water partition coefficient (Wildman–Crippen LogP) is 3.55. The summed E-state index contributed by atoms with van der Waals surface area (Å²) < 4.78 is 0. The third-order valence-electron chi connectivity index (χ3n) is 4.03. The summed E-state index contributed by atoms with van der Waals surface area (Å²) in [4.78, 5) is 0. The molecule has 0 radical (unpaired) electrons. The van der Waals surface area contributed by atoms with Crippen molar-refractivity contribution >= 4 is 0 Å². The number of aliphatic hydroxyl groups excluding tert-OH is 1. The molecule has 0 aliphatic heterocycles. The molecule has 86 valence electrons. The van der Waals surface area contributed by atoms with Crippen LogP contribution in [0, 0.1) is 17.3 Å². The van der Waals surface area contributed by atoms with Gasteiger partial charge in [-0.3, -0.25) is 0 Å². The lowest BCUT2D eigenvalue weighted by molar-refractivity contribution is 0.156. The molecule has 3 atom stereocenters. The molecule has 1 heteroatoms. The van der Waals surface area contributed by atoms with Crippen LogP contribution in [-0.4, -0.2) is 11.2 Å². The maximum Gasteiger partial charge on any atom is 0.0572 e. The van der Waals surface area contributed by atoms with E-state index in [0.29, 0.717) is 5.92 Å². The molecule has 1 N–H and O–H groups in total. The van der Waals surface area contributed by atoms with Gasteiger partial charge in [0.1, 0.15) is 0 Å². The monoisotopic (exact) mass is 208 g/mol. The van der Waals surface area contributed by atoms with Crippen molar-refractivity contribution in [3.63, 3.8) is 0 Å². The van der Waals surface area contributed by atoms with Gasteiger partial charge in [0.25, 0.3) is 0 Å². The summed E-state index contributed by atoms with van der Waals surface area (Å²) in [6.07, 6.45) is 7.66. The average Bonchev–Trinajstić information content (AvgIpc) is 2.39. The van der Waals surface area contributed by atoms with E-state index in [1.54, 1.807) is 0 Å². The molecule has 0 aromatic carbocycles. The molecule has 0 saturated carbocycles. The van der Waals surface area contributed by atoms with Gasteiger partial charge >= 0.3 is 0 Å². The van der Waals surface area contributed by atoms with Crippen LogP contribution in [0.25, 0.3) is 0 Å². The summed E-state index contributed by atoms with van der Waals surface area (Å²) in [5.41, 5.74) is 1.77. The molecule has 0 bridgehead atoms. The second kappa shape index (κ2) is 4.52. The molecule has 0 aromatic heterocycles. The first-order valence-corrected chi connectivity index (χ1v) is 5.89. The van der Waals surface area contributed by atoms with E-state index in [1.165, 1.54) is 5.57 Å². The van der Waals surface area contributed by atoms with Crippen molar-refractivity contribution in [3.05, 3.63) is 23.8 Å². The Hall–Kier alpha value is -0.560. The van der Waals surface area contributed by atoms with Crippen LogP contribution in [0.3, 0.4) is 0 Å². The van der Waals surface area contributed by atoms with Gasteiger partial charge in [-0.2, -0.15) is 0 Å². The Kier molecular flexibility index (Phi) is 3.77. The summed E-state index contributed by atoms with van der Waals surface area (Å²) >= 11 is 0. The van der Waals surface area contributed by atoms with E-state index in [0.717, 1.165) is 6.42 Å². The Bertz CT molecular complexity index is 271. The smallest absolute Gasteiger partial charge is 0.0572 e. The Morgan fingerprint density at radius 1 is 1.47 bits per heavy atom. The minimum Gasteiger partial charge on any atom is -0.393 e. The zero-order chi connectivity index (χ0) is 11.6. The summed E-state index contributed by atoms with van der Waals surface area (Å²) in [6.45, 7) is 10.7. The molecular formula is C14H24O. The van der Waals surface area contributed by atoms with E-state index in [-0.39, 0.29) is 17.4 Å². The first-order chi connectivity index (χ1) is 6.85. The zero-order valence-corrected chi connectivity index (χ0v) is 10.6. The Morgan fingerprint density at radius 2 is 2.07 bits per heavy atom. The molecule has 0 fully saturated rings. The van der Waals surface area contributed by atoms with Gasteiger partial charge in [-0.05, 0) is 37.5 Å². The number of hydrogen-bond donors (Lipinski definition) is 1. The molecule has 0 spiro atoms. The molecule has 0 saturated heterocycles. The van der Waals surface area contributed by atoms with Crippen LogP contribution in [0.1, 0.15) is 41.0 Å². The second-order valence-corrected chi connectivity index (χ2v) is 5.44. The van der Waals surface area contributed by atoms with Crippen LogP contribution in [-0.2, 0) is 0 Å². The van der Waals surface area contributed by atoms with Crippen LogP contribution in [0.15, 0.2) is 23.8 Å². The molecule has 1 aliphatic rings. The number of allylic oxidation sites excluding steroid dienone is 3. The van der Waals surface area contributed by atoms with Crippen molar-refractivity contribution < 1.29 is 5.11 Å². The minimum atomic E-state index is -0.250. The fourth-order valence-corrected chi connectivity index (χ4v) is 1.94. The van der Waals surface area contributed by atoms with Crippen LogP contribution >= 0.6 is 0 Å². The lowest BCUT2D eigenvalue weighted by atomic mass is 9.77. The number of aliphatic hydroxyl groups is 1. The Balaban J connectivity index is 2.62. The highest BCUT2D eigenvalue weighted by Crippen LogP contribution is 2.43. The SMILES string of the molecule is CC1=CCC(/C=C/[C@@H](C)[C@H](C)O)C1(C)C. The zero-order valence-electron chi connectivity index (χ0n) is 10.6. The summed E-state index contributed by atoms with van der Waals surface area (Å²) in [5, 5.41) is 9.41. The largest absolute Gasteiger partial charge is 0.393 e. The van der Waals surface area contributed by atoms with Crippen molar-refractivity contribution in [2.75, 3.05) is 0 Å². The molecule has 0 aromatic rings. The molecule has 15 heavy (non-hydrogen) atoms. The summed E-state index contributed by atoms with van der Waals surface area (Å²) in [6, 6.07) is 0. The normalized spacial score (nSPS) is 29.2. The van der Waals surface area contributed by atoms with Gasteiger partial charge in [0.15, 0.2) is 0 Å². The predicted molar refractivity (Wildman–Crippen MR) is 65.6 cm³/mol. The van der Waals surface area contributed by atoms with Gasteiger partial charge in [0, 0.05) is 0 Å². The average molecular weight is 208 g/mol. The van der Waals surface area contributed by atoms with Crippen LogP contribution < -0.4 is 0 Å². The lowest BCUT2D eigenvalue weighted by Gasteiger charge is -2.27. The van der Waals surface area contributed by atoms with E-state index < -0.39 is 0 Å². The Morgan fingerprint density at radius 3 is 2.47 bits per heavy atom. The number of rotatable bonds is 3. The summed E-state index contributed by atoms with van der Waals surface area (Å²) in [5.74, 6) is 0.848. The van der Waals surface area contributed by atoms with Crippen molar-refractivity contribution in [1.82, 2.24) is 0 Å². The third-order valence-corrected chi connectivity index (χ3v) is 4.03. The van der Waals surface area contributed by atoms with E-state index >= 15 is 0 Å². The van der Waals surface area contributed by atoms with Crippen molar-refractivity contribution in [2.24, 2.45) is 17.3 Å². The van der Waals surface area contributed by atoms with Gasteiger partial charge in [-0.1, -0.05) is 44.6 Å².